The van der Waals surface area contributed by atoms with E-state index in [0.29, 0.717) is 5.41 Å². The van der Waals surface area contributed by atoms with E-state index in [1.807, 2.05) is 18.8 Å². The monoisotopic (exact) mass is 399 g/mol. The van der Waals surface area contributed by atoms with E-state index in [9.17, 15) is 0 Å². The predicted octanol–water partition coefficient (Wildman–Crippen LogP) is 3.35. The summed E-state index contributed by atoms with van der Waals surface area (Å²) in [5.74, 6) is 2.87. The van der Waals surface area contributed by atoms with Gasteiger partial charge in [0.1, 0.15) is 0 Å². The first-order chi connectivity index (χ1) is 8.62. The molecule has 1 saturated carbocycles. The zero-order chi connectivity index (χ0) is 13.4. The van der Waals surface area contributed by atoms with Gasteiger partial charge in [0.25, 0.3) is 0 Å². The molecule has 0 spiro atoms. The van der Waals surface area contributed by atoms with Gasteiger partial charge in [0.2, 0.25) is 0 Å². The van der Waals surface area contributed by atoms with E-state index in [4.69, 9.17) is 0 Å². The van der Waals surface area contributed by atoms with Crippen molar-refractivity contribution in [1.29, 1.82) is 0 Å². The molecule has 1 aliphatic rings. The highest BCUT2D eigenvalue weighted by Crippen LogP contribution is 2.45. The molecule has 0 radical (unpaired) electrons. The van der Waals surface area contributed by atoms with Gasteiger partial charge < -0.3 is 10.6 Å². The number of hydrogen-bond acceptors (Lipinski definition) is 2. The van der Waals surface area contributed by atoms with Crippen molar-refractivity contribution in [3.8, 4) is 0 Å². The summed E-state index contributed by atoms with van der Waals surface area (Å²) in [6.07, 6.45) is 7.61. The van der Waals surface area contributed by atoms with Crippen LogP contribution in [-0.4, -0.2) is 38.1 Å². The fourth-order valence-corrected chi connectivity index (χ4v) is 3.07. The highest BCUT2D eigenvalue weighted by molar-refractivity contribution is 14.0. The largest absolute Gasteiger partial charge is 0.356 e. The smallest absolute Gasteiger partial charge is 0.191 e. The van der Waals surface area contributed by atoms with Crippen molar-refractivity contribution < 1.29 is 0 Å². The first-order valence-electron chi connectivity index (χ1n) is 7.05. The highest BCUT2D eigenvalue weighted by atomic mass is 127. The van der Waals surface area contributed by atoms with Crippen LogP contribution in [-0.2, 0) is 0 Å². The van der Waals surface area contributed by atoms with E-state index >= 15 is 0 Å². The van der Waals surface area contributed by atoms with Gasteiger partial charge in [0, 0.05) is 25.9 Å². The van der Waals surface area contributed by atoms with Crippen LogP contribution in [0.15, 0.2) is 4.99 Å². The van der Waals surface area contributed by atoms with Crippen molar-refractivity contribution in [1.82, 2.24) is 10.6 Å². The fraction of sp³-hybridized carbons (Fsp3) is 0.929. The van der Waals surface area contributed by atoms with Crippen LogP contribution >= 0.6 is 35.7 Å². The van der Waals surface area contributed by atoms with Crippen LogP contribution in [0.3, 0.4) is 0 Å². The second-order valence-electron chi connectivity index (χ2n) is 5.80. The normalized spacial score (nSPS) is 17.6. The minimum Gasteiger partial charge on any atom is -0.356 e. The van der Waals surface area contributed by atoms with Crippen LogP contribution < -0.4 is 10.6 Å². The van der Waals surface area contributed by atoms with Crippen LogP contribution in [0.5, 0.6) is 0 Å². The quantitative estimate of drug-likeness (QED) is 0.298. The van der Waals surface area contributed by atoms with Crippen molar-refractivity contribution in [3.63, 3.8) is 0 Å². The van der Waals surface area contributed by atoms with Gasteiger partial charge in [0.15, 0.2) is 5.96 Å². The van der Waals surface area contributed by atoms with Gasteiger partial charge in [-0.15, -0.1) is 24.0 Å². The summed E-state index contributed by atoms with van der Waals surface area (Å²) >= 11 is 1.86. The Morgan fingerprint density at radius 1 is 1.32 bits per heavy atom. The van der Waals surface area contributed by atoms with Gasteiger partial charge in [-0.05, 0) is 36.9 Å². The maximum absolute atomic E-state index is 4.29. The molecule has 1 rings (SSSR count). The molecule has 114 valence electrons. The Hall–Kier alpha value is 0.350. The Labute approximate surface area is 140 Å². The van der Waals surface area contributed by atoms with Crippen molar-refractivity contribution in [2.45, 2.75) is 39.5 Å². The number of hydrogen-bond donors (Lipinski definition) is 2. The second kappa shape index (κ2) is 10.1. The van der Waals surface area contributed by atoms with Crippen molar-refractivity contribution in [2.24, 2.45) is 16.3 Å². The summed E-state index contributed by atoms with van der Waals surface area (Å²) < 4.78 is 0. The zero-order valence-corrected chi connectivity index (χ0v) is 15.9. The molecule has 0 aromatic heterocycles. The molecule has 0 saturated heterocycles. The van der Waals surface area contributed by atoms with Crippen LogP contribution in [0.2, 0.25) is 0 Å². The minimum atomic E-state index is 0. The molecule has 1 fully saturated rings. The molecule has 2 N–H and O–H groups in total. The molecular formula is C14H30IN3S. The van der Waals surface area contributed by atoms with E-state index in [-0.39, 0.29) is 24.0 Å². The first kappa shape index (κ1) is 19.4. The lowest BCUT2D eigenvalue weighted by Gasteiger charge is -2.43. The van der Waals surface area contributed by atoms with Crippen molar-refractivity contribution in [2.75, 3.05) is 32.1 Å². The van der Waals surface area contributed by atoms with Crippen LogP contribution in [0.4, 0.5) is 0 Å². The highest BCUT2D eigenvalue weighted by Gasteiger charge is 2.37. The molecule has 1 aliphatic carbocycles. The van der Waals surface area contributed by atoms with Gasteiger partial charge in [-0.2, -0.15) is 11.8 Å². The van der Waals surface area contributed by atoms with Gasteiger partial charge in [0.05, 0.1) is 0 Å². The third-order valence-corrected chi connectivity index (χ3v) is 4.32. The molecule has 0 aromatic rings. The summed E-state index contributed by atoms with van der Waals surface area (Å²) in [5.41, 5.74) is 0.533. The maximum atomic E-state index is 4.29. The standard InChI is InChI=1S/C14H29N3S.HI/c1-12(2)10-14(6-5-7-14)11-17-13(15-3)16-8-9-18-4;/h12H,5-11H2,1-4H3,(H2,15,16,17);1H. The average Bonchev–Trinajstić information content (AvgIpc) is 2.29. The minimum absolute atomic E-state index is 0. The molecule has 0 bridgehead atoms. The number of aliphatic imine (C=N–C) groups is 1. The topological polar surface area (TPSA) is 36.4 Å². The Bertz CT molecular complexity index is 265. The molecule has 0 aromatic carbocycles. The fourth-order valence-electron chi connectivity index (χ4n) is 2.76. The lowest BCUT2D eigenvalue weighted by atomic mass is 9.64. The van der Waals surface area contributed by atoms with Gasteiger partial charge in [-0.3, -0.25) is 4.99 Å². The van der Waals surface area contributed by atoms with E-state index < -0.39 is 0 Å². The average molecular weight is 399 g/mol. The Morgan fingerprint density at radius 3 is 2.42 bits per heavy atom. The summed E-state index contributed by atoms with van der Waals surface area (Å²) in [6.45, 7) is 6.71. The zero-order valence-electron chi connectivity index (χ0n) is 12.8. The molecule has 0 aliphatic heterocycles. The van der Waals surface area contributed by atoms with Gasteiger partial charge in [-0.1, -0.05) is 20.3 Å². The van der Waals surface area contributed by atoms with Gasteiger partial charge in [-0.25, -0.2) is 0 Å². The predicted molar refractivity (Wildman–Crippen MR) is 98.9 cm³/mol. The van der Waals surface area contributed by atoms with Crippen molar-refractivity contribution >= 4 is 41.7 Å². The molecule has 3 nitrogen and oxygen atoms in total. The lowest BCUT2D eigenvalue weighted by Crippen LogP contribution is -2.47. The molecular weight excluding hydrogens is 369 g/mol. The van der Waals surface area contributed by atoms with Crippen LogP contribution in [0.1, 0.15) is 39.5 Å². The van der Waals surface area contributed by atoms with E-state index in [2.05, 4.69) is 35.7 Å². The lowest BCUT2D eigenvalue weighted by molar-refractivity contribution is 0.104. The maximum Gasteiger partial charge on any atom is 0.191 e. The number of halogens is 1. The summed E-state index contributed by atoms with van der Waals surface area (Å²) in [5, 5.41) is 6.87. The summed E-state index contributed by atoms with van der Waals surface area (Å²) in [6, 6.07) is 0. The summed E-state index contributed by atoms with van der Waals surface area (Å²) in [7, 11) is 1.85. The third-order valence-electron chi connectivity index (χ3n) is 3.71. The Kier molecular flexibility index (Phi) is 10.3. The van der Waals surface area contributed by atoms with Crippen molar-refractivity contribution in [3.05, 3.63) is 0 Å². The number of nitrogens with one attached hydrogen (secondary N) is 2. The summed E-state index contributed by atoms with van der Waals surface area (Å²) in [4.78, 5) is 4.29. The SMILES string of the molecule is CN=C(NCCSC)NCC1(CC(C)C)CCC1.I. The van der Waals surface area contributed by atoms with Crippen LogP contribution in [0.25, 0.3) is 0 Å². The van der Waals surface area contributed by atoms with E-state index in [1.54, 1.807) is 0 Å². The number of rotatable bonds is 7. The molecule has 0 amide bonds. The Morgan fingerprint density at radius 2 is 2.00 bits per heavy atom. The number of guanidine groups is 1. The molecule has 5 heteroatoms. The first-order valence-corrected chi connectivity index (χ1v) is 8.45. The van der Waals surface area contributed by atoms with E-state index in [0.717, 1.165) is 30.7 Å². The third kappa shape index (κ3) is 7.06. The van der Waals surface area contributed by atoms with Crippen LogP contribution in [0, 0.1) is 11.3 Å². The molecule has 0 atom stereocenters. The van der Waals surface area contributed by atoms with Gasteiger partial charge >= 0.3 is 0 Å². The molecule has 19 heavy (non-hydrogen) atoms. The number of thioether (sulfide) groups is 1. The van der Waals surface area contributed by atoms with E-state index in [1.165, 1.54) is 25.7 Å². The Balaban J connectivity index is 0.00000324. The molecule has 0 unspecified atom stereocenters. The molecule has 0 heterocycles. The number of nitrogens with zero attached hydrogens (tertiary/aromatic N) is 1. The second-order valence-corrected chi connectivity index (χ2v) is 6.78.